The topological polar surface area (TPSA) is 63.1 Å². The van der Waals surface area contributed by atoms with Crippen molar-refractivity contribution >= 4 is 11.9 Å². The number of anilines is 1. The van der Waals surface area contributed by atoms with Crippen LogP contribution < -0.4 is 5.32 Å². The first-order valence-corrected chi connectivity index (χ1v) is 7.80. The fourth-order valence-corrected chi connectivity index (χ4v) is 2.30. The second-order valence-electron chi connectivity index (χ2n) is 6.23. The van der Waals surface area contributed by atoms with Crippen LogP contribution in [-0.2, 0) is 18.3 Å². The predicted molar refractivity (Wildman–Crippen MR) is 91.3 cm³/mol. The first-order valence-electron chi connectivity index (χ1n) is 7.80. The first kappa shape index (κ1) is 17.1. The van der Waals surface area contributed by atoms with Gasteiger partial charge in [-0.05, 0) is 26.1 Å². The van der Waals surface area contributed by atoms with Gasteiger partial charge in [0, 0.05) is 13.0 Å². The zero-order valence-corrected chi connectivity index (χ0v) is 14.4. The van der Waals surface area contributed by atoms with Gasteiger partial charge in [0.15, 0.2) is 5.82 Å². The molecule has 0 saturated carbocycles. The summed E-state index contributed by atoms with van der Waals surface area (Å²) < 4.78 is 1.61. The third-order valence-electron chi connectivity index (χ3n) is 3.73. The molecule has 1 N–H and O–H groups in total. The van der Waals surface area contributed by atoms with E-state index in [0.717, 1.165) is 11.4 Å². The number of carbonyl (C=O) groups excluding carboxylic acids is 1. The van der Waals surface area contributed by atoms with Crippen molar-refractivity contribution in [3.05, 3.63) is 41.7 Å². The van der Waals surface area contributed by atoms with E-state index in [1.807, 2.05) is 63.2 Å². The summed E-state index contributed by atoms with van der Waals surface area (Å²) in [6.45, 7) is 4.05. The minimum atomic E-state index is -0.267. The third kappa shape index (κ3) is 4.39. The molecule has 2 rings (SSSR count). The van der Waals surface area contributed by atoms with Gasteiger partial charge >= 0.3 is 0 Å². The Morgan fingerprint density at radius 1 is 1.26 bits per heavy atom. The zero-order valence-electron chi connectivity index (χ0n) is 14.4. The smallest absolute Gasteiger partial charge is 0.244 e. The molecule has 1 aromatic heterocycles. The second kappa shape index (κ2) is 7.37. The number of nitrogens with one attached hydrogen (secondary N) is 1. The van der Waals surface area contributed by atoms with Crippen LogP contribution in [0.3, 0.4) is 0 Å². The summed E-state index contributed by atoms with van der Waals surface area (Å²) in [5.41, 5.74) is 1.13. The van der Waals surface area contributed by atoms with Crippen LogP contribution >= 0.6 is 0 Å². The molecule has 6 nitrogen and oxygen atoms in total. The molecule has 1 aromatic carbocycles. The van der Waals surface area contributed by atoms with Gasteiger partial charge in [0.1, 0.15) is 0 Å². The molecule has 0 aliphatic carbocycles. The van der Waals surface area contributed by atoms with Gasteiger partial charge in [0.25, 0.3) is 0 Å². The molecule has 0 aliphatic rings. The highest BCUT2D eigenvalue weighted by molar-refractivity contribution is 5.93. The van der Waals surface area contributed by atoms with E-state index in [-0.39, 0.29) is 17.9 Å². The number of nitrogens with zero attached hydrogens (tertiary/aromatic N) is 4. The molecule has 0 unspecified atom stereocenters. The highest BCUT2D eigenvalue weighted by Crippen LogP contribution is 2.14. The van der Waals surface area contributed by atoms with E-state index in [2.05, 4.69) is 15.4 Å². The molecule has 1 atom stereocenters. The SMILES string of the molecule is CC(C)c1nc(NC(=O)[C@H](Cc2ccccc2)N(C)C)n(C)n1. The Kier molecular flexibility index (Phi) is 5.50. The van der Waals surface area contributed by atoms with Crippen LogP contribution in [-0.4, -0.2) is 45.7 Å². The Morgan fingerprint density at radius 3 is 2.43 bits per heavy atom. The average Bonchev–Trinajstić information content (AvgIpc) is 2.87. The number of aromatic nitrogens is 3. The molecule has 0 fully saturated rings. The summed E-state index contributed by atoms with van der Waals surface area (Å²) in [6.07, 6.45) is 0.647. The van der Waals surface area contributed by atoms with Gasteiger partial charge in [0.2, 0.25) is 11.9 Å². The standard InChI is InChI=1S/C17H25N5O/c1-12(2)15-18-17(22(5)20-15)19-16(23)14(21(3)4)11-13-9-7-6-8-10-13/h6-10,12,14H,11H2,1-5H3,(H,18,19,20,23)/t14-/m0/s1. The zero-order chi connectivity index (χ0) is 17.0. The van der Waals surface area contributed by atoms with Crippen LogP contribution in [0, 0.1) is 0 Å². The van der Waals surface area contributed by atoms with E-state index in [1.54, 1.807) is 11.7 Å². The number of amides is 1. The van der Waals surface area contributed by atoms with E-state index in [0.29, 0.717) is 12.4 Å². The molecule has 1 heterocycles. The molecule has 0 aliphatic heterocycles. The fourth-order valence-electron chi connectivity index (χ4n) is 2.30. The number of benzene rings is 1. The maximum Gasteiger partial charge on any atom is 0.244 e. The third-order valence-corrected chi connectivity index (χ3v) is 3.73. The molecule has 2 aromatic rings. The highest BCUT2D eigenvalue weighted by Gasteiger charge is 2.23. The number of carbonyl (C=O) groups is 1. The Hall–Kier alpha value is -2.21. The van der Waals surface area contributed by atoms with Crippen molar-refractivity contribution in [3.63, 3.8) is 0 Å². The summed E-state index contributed by atoms with van der Waals surface area (Å²) in [7, 11) is 5.60. The minimum absolute atomic E-state index is 0.0790. The molecule has 0 saturated heterocycles. The number of rotatable bonds is 6. The van der Waals surface area contributed by atoms with Gasteiger partial charge in [-0.1, -0.05) is 44.2 Å². The van der Waals surface area contributed by atoms with Gasteiger partial charge in [-0.25, -0.2) is 4.68 Å². The Labute approximate surface area is 137 Å². The molecule has 0 radical (unpaired) electrons. The van der Waals surface area contributed by atoms with Crippen molar-refractivity contribution in [1.82, 2.24) is 19.7 Å². The van der Waals surface area contributed by atoms with Crippen LogP contribution in [0.2, 0.25) is 0 Å². The van der Waals surface area contributed by atoms with Crippen LogP contribution in [0.25, 0.3) is 0 Å². The molecular weight excluding hydrogens is 290 g/mol. The van der Waals surface area contributed by atoms with Crippen molar-refractivity contribution < 1.29 is 4.79 Å². The number of hydrogen-bond acceptors (Lipinski definition) is 4. The summed E-state index contributed by atoms with van der Waals surface area (Å²) in [4.78, 5) is 19.0. The van der Waals surface area contributed by atoms with Crippen LogP contribution in [0.15, 0.2) is 30.3 Å². The number of aryl methyl sites for hydroxylation is 1. The summed E-state index contributed by atoms with van der Waals surface area (Å²) >= 11 is 0. The predicted octanol–water partition coefficient (Wildman–Crippen LogP) is 2.05. The van der Waals surface area contributed by atoms with E-state index in [9.17, 15) is 4.79 Å². The molecule has 0 bridgehead atoms. The lowest BCUT2D eigenvalue weighted by Crippen LogP contribution is -2.41. The quantitative estimate of drug-likeness (QED) is 0.886. The largest absolute Gasteiger partial charge is 0.298 e. The lowest BCUT2D eigenvalue weighted by molar-refractivity contribution is -0.120. The van der Waals surface area contributed by atoms with Crippen molar-refractivity contribution in [2.75, 3.05) is 19.4 Å². The fraction of sp³-hybridized carbons (Fsp3) is 0.471. The molecule has 0 spiro atoms. The van der Waals surface area contributed by atoms with E-state index < -0.39 is 0 Å². The van der Waals surface area contributed by atoms with Gasteiger partial charge in [-0.2, -0.15) is 10.1 Å². The average molecular weight is 315 g/mol. The van der Waals surface area contributed by atoms with E-state index in [1.165, 1.54) is 0 Å². The lowest BCUT2D eigenvalue weighted by atomic mass is 10.0. The summed E-state index contributed by atoms with van der Waals surface area (Å²) in [6, 6.07) is 9.74. The Balaban J connectivity index is 2.12. The van der Waals surface area contributed by atoms with Crippen molar-refractivity contribution in [1.29, 1.82) is 0 Å². The number of likely N-dealkylation sites (N-methyl/N-ethyl adjacent to an activating group) is 1. The maximum absolute atomic E-state index is 12.7. The monoisotopic (exact) mass is 315 g/mol. The molecule has 124 valence electrons. The second-order valence-corrected chi connectivity index (χ2v) is 6.23. The van der Waals surface area contributed by atoms with Gasteiger partial charge in [-0.15, -0.1) is 0 Å². The van der Waals surface area contributed by atoms with Crippen LogP contribution in [0.1, 0.15) is 31.2 Å². The highest BCUT2D eigenvalue weighted by atomic mass is 16.2. The van der Waals surface area contributed by atoms with Crippen molar-refractivity contribution in [2.45, 2.75) is 32.2 Å². The van der Waals surface area contributed by atoms with E-state index in [4.69, 9.17) is 0 Å². The first-order chi connectivity index (χ1) is 10.9. The van der Waals surface area contributed by atoms with Crippen LogP contribution in [0.4, 0.5) is 5.95 Å². The molecule has 1 amide bonds. The number of hydrogen-bond donors (Lipinski definition) is 1. The summed E-state index contributed by atoms with van der Waals surface area (Å²) in [5, 5.41) is 7.22. The van der Waals surface area contributed by atoms with Crippen molar-refractivity contribution in [2.24, 2.45) is 7.05 Å². The normalized spacial score (nSPS) is 12.7. The van der Waals surface area contributed by atoms with Gasteiger partial charge in [0.05, 0.1) is 6.04 Å². The molecule has 23 heavy (non-hydrogen) atoms. The van der Waals surface area contributed by atoms with Crippen molar-refractivity contribution in [3.8, 4) is 0 Å². The Bertz CT molecular complexity index is 648. The Morgan fingerprint density at radius 2 is 1.91 bits per heavy atom. The molecular formula is C17H25N5O. The maximum atomic E-state index is 12.7. The van der Waals surface area contributed by atoms with Crippen LogP contribution in [0.5, 0.6) is 0 Å². The van der Waals surface area contributed by atoms with Gasteiger partial charge in [-0.3, -0.25) is 15.0 Å². The minimum Gasteiger partial charge on any atom is -0.298 e. The van der Waals surface area contributed by atoms with E-state index >= 15 is 0 Å². The summed E-state index contributed by atoms with van der Waals surface area (Å²) in [5.74, 6) is 1.36. The molecule has 6 heteroatoms. The van der Waals surface area contributed by atoms with Gasteiger partial charge < -0.3 is 0 Å². The lowest BCUT2D eigenvalue weighted by Gasteiger charge is -2.23.